The van der Waals surface area contributed by atoms with Crippen LogP contribution in [0.3, 0.4) is 0 Å². The van der Waals surface area contributed by atoms with Gasteiger partial charge in [0.15, 0.2) is 5.78 Å². The van der Waals surface area contributed by atoms with E-state index in [0.29, 0.717) is 24.9 Å². The number of ether oxygens (including phenoxy) is 1. The molecule has 0 bridgehead atoms. The minimum Gasteiger partial charge on any atom is -0.367 e. The quantitative estimate of drug-likeness (QED) is 0.743. The van der Waals surface area contributed by atoms with Crippen LogP contribution in [-0.4, -0.2) is 57.3 Å². The van der Waals surface area contributed by atoms with E-state index in [2.05, 4.69) is 15.0 Å². The van der Waals surface area contributed by atoms with Gasteiger partial charge in [-0.25, -0.2) is 4.98 Å². The molecule has 6 nitrogen and oxygen atoms in total. The number of hydrogen-bond donors (Lipinski definition) is 0. The molecule has 0 aliphatic carbocycles. The number of aromatic nitrogens is 3. The van der Waals surface area contributed by atoms with Gasteiger partial charge in [0.2, 0.25) is 0 Å². The zero-order valence-electron chi connectivity index (χ0n) is 10.6. The Balaban J connectivity index is 1.61. The number of Topliss-reactive ketones (excluding diaryl/α,β-unsaturated/α-hetero) is 1. The SMILES string of the molecule is Cn1ncnc1CC(=O)C1CN2CCCC2CO1. The molecule has 1 aromatic rings. The van der Waals surface area contributed by atoms with Crippen molar-refractivity contribution in [2.24, 2.45) is 7.05 Å². The fourth-order valence-electron chi connectivity index (χ4n) is 2.76. The molecule has 0 aromatic carbocycles. The van der Waals surface area contributed by atoms with Crippen LogP contribution in [0, 0.1) is 0 Å². The molecule has 2 saturated heterocycles. The molecular weight excluding hydrogens is 232 g/mol. The van der Waals surface area contributed by atoms with Gasteiger partial charge in [0, 0.05) is 19.6 Å². The third kappa shape index (κ3) is 2.18. The van der Waals surface area contributed by atoms with Crippen molar-refractivity contribution >= 4 is 5.78 Å². The lowest BCUT2D eigenvalue weighted by Crippen LogP contribution is -2.49. The molecule has 2 aliphatic heterocycles. The molecule has 1 aromatic heterocycles. The number of ketones is 1. The van der Waals surface area contributed by atoms with Crippen LogP contribution in [-0.2, 0) is 23.0 Å². The van der Waals surface area contributed by atoms with Gasteiger partial charge in [-0.15, -0.1) is 0 Å². The summed E-state index contributed by atoms with van der Waals surface area (Å²) in [7, 11) is 1.80. The Bertz CT molecular complexity index is 445. The summed E-state index contributed by atoms with van der Waals surface area (Å²) in [5.74, 6) is 0.809. The first-order valence-corrected chi connectivity index (χ1v) is 6.45. The van der Waals surface area contributed by atoms with Crippen LogP contribution >= 0.6 is 0 Å². The van der Waals surface area contributed by atoms with Crippen LogP contribution in [0.1, 0.15) is 18.7 Å². The van der Waals surface area contributed by atoms with E-state index in [1.165, 1.54) is 19.2 Å². The number of nitrogens with zero attached hydrogens (tertiary/aromatic N) is 4. The molecule has 3 heterocycles. The summed E-state index contributed by atoms with van der Waals surface area (Å²) in [5.41, 5.74) is 0. The molecule has 3 rings (SSSR count). The number of rotatable bonds is 3. The molecular formula is C12H18N4O2. The lowest BCUT2D eigenvalue weighted by molar-refractivity contribution is -0.137. The second-order valence-corrected chi connectivity index (χ2v) is 5.06. The van der Waals surface area contributed by atoms with Crippen molar-refractivity contribution < 1.29 is 9.53 Å². The lowest BCUT2D eigenvalue weighted by atomic mass is 10.1. The smallest absolute Gasteiger partial charge is 0.170 e. The van der Waals surface area contributed by atoms with Crippen LogP contribution < -0.4 is 0 Å². The Labute approximate surface area is 106 Å². The fraction of sp³-hybridized carbons (Fsp3) is 0.750. The van der Waals surface area contributed by atoms with Crippen LogP contribution in [0.5, 0.6) is 0 Å². The second kappa shape index (κ2) is 4.78. The Kier molecular flexibility index (Phi) is 3.13. The molecule has 2 unspecified atom stereocenters. The summed E-state index contributed by atoms with van der Waals surface area (Å²) in [6.07, 6.45) is 3.90. The molecule has 0 saturated carbocycles. The van der Waals surface area contributed by atoms with E-state index in [9.17, 15) is 4.79 Å². The summed E-state index contributed by atoms with van der Waals surface area (Å²) >= 11 is 0. The van der Waals surface area contributed by atoms with E-state index in [4.69, 9.17) is 4.74 Å². The molecule has 6 heteroatoms. The third-order valence-corrected chi connectivity index (χ3v) is 3.89. The van der Waals surface area contributed by atoms with E-state index in [-0.39, 0.29) is 11.9 Å². The monoisotopic (exact) mass is 250 g/mol. The van der Waals surface area contributed by atoms with Crippen molar-refractivity contribution in [1.82, 2.24) is 19.7 Å². The predicted octanol–water partition coefficient (Wildman–Crippen LogP) is -0.210. The summed E-state index contributed by atoms with van der Waals surface area (Å²) in [6.45, 7) is 2.53. The average Bonchev–Trinajstić information content (AvgIpc) is 2.98. The summed E-state index contributed by atoms with van der Waals surface area (Å²) in [4.78, 5) is 18.6. The van der Waals surface area contributed by atoms with Crippen LogP contribution in [0.15, 0.2) is 6.33 Å². The zero-order valence-corrected chi connectivity index (χ0v) is 10.6. The topological polar surface area (TPSA) is 60.2 Å². The Morgan fingerprint density at radius 1 is 1.61 bits per heavy atom. The number of hydrogen-bond acceptors (Lipinski definition) is 5. The highest BCUT2D eigenvalue weighted by atomic mass is 16.5. The molecule has 0 amide bonds. The van der Waals surface area contributed by atoms with Crippen molar-refractivity contribution in [3.63, 3.8) is 0 Å². The van der Waals surface area contributed by atoms with Crippen molar-refractivity contribution in [1.29, 1.82) is 0 Å². The van der Waals surface area contributed by atoms with Crippen molar-refractivity contribution in [2.45, 2.75) is 31.4 Å². The fourth-order valence-corrected chi connectivity index (χ4v) is 2.76. The first kappa shape index (κ1) is 11.8. The van der Waals surface area contributed by atoms with Gasteiger partial charge in [-0.2, -0.15) is 5.10 Å². The zero-order chi connectivity index (χ0) is 12.5. The highest BCUT2D eigenvalue weighted by molar-refractivity contribution is 5.85. The maximum absolute atomic E-state index is 12.2. The number of carbonyl (C=O) groups excluding carboxylic acids is 1. The number of fused-ring (bicyclic) bond motifs is 1. The van der Waals surface area contributed by atoms with Gasteiger partial charge in [0.05, 0.1) is 13.0 Å². The number of carbonyl (C=O) groups is 1. The first-order valence-electron chi connectivity index (χ1n) is 6.45. The number of morpholine rings is 1. The molecule has 2 aliphatic rings. The molecule has 2 fully saturated rings. The van der Waals surface area contributed by atoms with Crippen LogP contribution in [0.25, 0.3) is 0 Å². The predicted molar refractivity (Wildman–Crippen MR) is 64.0 cm³/mol. The van der Waals surface area contributed by atoms with E-state index >= 15 is 0 Å². The lowest BCUT2D eigenvalue weighted by Gasteiger charge is -2.34. The largest absolute Gasteiger partial charge is 0.367 e. The Morgan fingerprint density at radius 2 is 2.50 bits per heavy atom. The van der Waals surface area contributed by atoms with Gasteiger partial charge >= 0.3 is 0 Å². The number of aryl methyl sites for hydroxylation is 1. The summed E-state index contributed by atoms with van der Waals surface area (Å²) in [5, 5.41) is 3.97. The van der Waals surface area contributed by atoms with Gasteiger partial charge in [-0.3, -0.25) is 14.4 Å². The molecule has 0 radical (unpaired) electrons. The van der Waals surface area contributed by atoms with E-state index in [1.54, 1.807) is 11.7 Å². The van der Waals surface area contributed by atoms with Gasteiger partial charge in [0.25, 0.3) is 0 Å². The Hall–Kier alpha value is -1.27. The normalized spacial score (nSPS) is 28.3. The molecule has 0 spiro atoms. The standard InChI is InChI=1S/C12H18N4O2/c1-15-12(13-8-14-15)5-10(17)11-6-16-4-2-3-9(16)7-18-11/h8-9,11H,2-7H2,1H3. The summed E-state index contributed by atoms with van der Waals surface area (Å²) in [6, 6.07) is 0.531. The van der Waals surface area contributed by atoms with Gasteiger partial charge < -0.3 is 4.74 Å². The first-order chi connectivity index (χ1) is 8.74. The van der Waals surface area contributed by atoms with Gasteiger partial charge in [0.1, 0.15) is 18.3 Å². The average molecular weight is 250 g/mol. The van der Waals surface area contributed by atoms with E-state index < -0.39 is 0 Å². The third-order valence-electron chi connectivity index (χ3n) is 3.89. The maximum atomic E-state index is 12.2. The maximum Gasteiger partial charge on any atom is 0.170 e. The van der Waals surface area contributed by atoms with E-state index in [0.717, 1.165) is 13.1 Å². The van der Waals surface area contributed by atoms with Gasteiger partial charge in [-0.1, -0.05) is 0 Å². The molecule has 98 valence electrons. The minimum atomic E-state index is -0.295. The molecule has 0 N–H and O–H groups in total. The van der Waals surface area contributed by atoms with Crippen LogP contribution in [0.4, 0.5) is 0 Å². The summed E-state index contributed by atoms with van der Waals surface area (Å²) < 4.78 is 7.33. The highest BCUT2D eigenvalue weighted by Gasteiger charge is 2.35. The molecule has 18 heavy (non-hydrogen) atoms. The van der Waals surface area contributed by atoms with Crippen molar-refractivity contribution in [2.75, 3.05) is 19.7 Å². The van der Waals surface area contributed by atoms with Gasteiger partial charge in [-0.05, 0) is 19.4 Å². The second-order valence-electron chi connectivity index (χ2n) is 5.06. The minimum absolute atomic E-state index is 0.108. The van der Waals surface area contributed by atoms with E-state index in [1.807, 2.05) is 0 Å². The molecule has 2 atom stereocenters. The highest BCUT2D eigenvalue weighted by Crippen LogP contribution is 2.23. The Morgan fingerprint density at radius 3 is 3.28 bits per heavy atom. The van der Waals surface area contributed by atoms with Crippen LogP contribution in [0.2, 0.25) is 0 Å². The van der Waals surface area contributed by atoms with Crippen molar-refractivity contribution in [3.8, 4) is 0 Å². The van der Waals surface area contributed by atoms with Crippen molar-refractivity contribution in [3.05, 3.63) is 12.2 Å².